The third-order valence-electron chi connectivity index (χ3n) is 4.26. The first-order chi connectivity index (χ1) is 13.8. The van der Waals surface area contributed by atoms with Gasteiger partial charge in [0.1, 0.15) is 6.61 Å². The predicted molar refractivity (Wildman–Crippen MR) is 109 cm³/mol. The molecule has 0 spiro atoms. The number of methoxy groups -OCH3 is 1. The molecule has 0 aliphatic rings. The maximum absolute atomic E-state index is 12.3. The number of hydrogen-bond donors (Lipinski definition) is 2. The Balaban J connectivity index is 1.74. The fraction of sp³-hybridized carbons (Fsp3) is 0.400. The highest BCUT2D eigenvalue weighted by Crippen LogP contribution is 2.14. The average molecular weight is 422 g/mol. The highest BCUT2D eigenvalue weighted by molar-refractivity contribution is 7.89. The molecule has 0 unspecified atom stereocenters. The van der Waals surface area contributed by atoms with Crippen LogP contribution in [0.1, 0.15) is 23.1 Å². The molecule has 0 radical (unpaired) electrons. The fourth-order valence-corrected chi connectivity index (χ4v) is 3.50. The third-order valence-corrected chi connectivity index (χ3v) is 5.72. The number of nitrogens with zero attached hydrogens (tertiary/aromatic N) is 1. The highest BCUT2D eigenvalue weighted by Gasteiger charge is 2.14. The highest BCUT2D eigenvalue weighted by atomic mass is 32.2. The number of aryl methyl sites for hydroxylation is 2. The Bertz CT molecular complexity index is 914. The van der Waals surface area contributed by atoms with Crippen LogP contribution in [0, 0.1) is 13.8 Å². The number of nitrogens with one attached hydrogen (secondary N) is 2. The van der Waals surface area contributed by atoms with Gasteiger partial charge in [-0.25, -0.2) is 18.1 Å². The summed E-state index contributed by atoms with van der Waals surface area (Å²) in [5, 5.41) is 2.74. The Labute approximate surface area is 171 Å². The molecule has 1 heterocycles. The lowest BCUT2D eigenvalue weighted by molar-refractivity contribution is -0.121. The van der Waals surface area contributed by atoms with Crippen LogP contribution in [0.4, 0.5) is 0 Å². The first kappa shape index (κ1) is 22.8. The summed E-state index contributed by atoms with van der Waals surface area (Å²) in [6.07, 6.45) is 1.65. The Kier molecular flexibility index (Phi) is 8.56. The quantitative estimate of drug-likeness (QED) is 0.535. The van der Waals surface area contributed by atoms with Gasteiger partial charge in [0.05, 0.1) is 11.5 Å². The molecular formula is C20H27N3O5S. The van der Waals surface area contributed by atoms with E-state index in [1.165, 1.54) is 0 Å². The number of sulfonamides is 1. The molecule has 2 N–H and O–H groups in total. The SMILES string of the molecule is COCCOc1ccc(CNC(=O)CCNS(=O)(=O)c2ccc(C)c(C)c2)cn1. The molecule has 1 aromatic heterocycles. The van der Waals surface area contributed by atoms with Crippen molar-refractivity contribution in [1.82, 2.24) is 15.0 Å². The van der Waals surface area contributed by atoms with E-state index in [9.17, 15) is 13.2 Å². The lowest BCUT2D eigenvalue weighted by Gasteiger charge is -2.09. The van der Waals surface area contributed by atoms with Crippen LogP contribution < -0.4 is 14.8 Å². The van der Waals surface area contributed by atoms with E-state index in [-0.39, 0.29) is 23.8 Å². The van der Waals surface area contributed by atoms with E-state index in [2.05, 4.69) is 15.0 Å². The molecule has 158 valence electrons. The topological polar surface area (TPSA) is 107 Å². The number of carbonyl (C=O) groups excluding carboxylic acids is 1. The van der Waals surface area contributed by atoms with Crippen LogP contribution in [0.2, 0.25) is 0 Å². The van der Waals surface area contributed by atoms with E-state index in [4.69, 9.17) is 9.47 Å². The van der Waals surface area contributed by atoms with Crippen molar-refractivity contribution in [2.75, 3.05) is 26.9 Å². The van der Waals surface area contributed by atoms with Crippen molar-refractivity contribution in [2.45, 2.75) is 31.7 Å². The first-order valence-corrected chi connectivity index (χ1v) is 10.7. The van der Waals surface area contributed by atoms with Crippen LogP contribution in [0.3, 0.4) is 0 Å². The molecule has 1 amide bonds. The molecule has 8 nitrogen and oxygen atoms in total. The van der Waals surface area contributed by atoms with Crippen molar-refractivity contribution >= 4 is 15.9 Å². The van der Waals surface area contributed by atoms with Crippen LogP contribution in [-0.2, 0) is 26.1 Å². The van der Waals surface area contributed by atoms with Crippen LogP contribution >= 0.6 is 0 Å². The van der Waals surface area contributed by atoms with Crippen LogP contribution in [0.5, 0.6) is 5.88 Å². The number of pyridine rings is 1. The fourth-order valence-electron chi connectivity index (χ4n) is 2.38. The normalized spacial score (nSPS) is 11.3. The third kappa shape index (κ3) is 7.45. The second kappa shape index (κ2) is 10.9. The molecule has 0 aliphatic heterocycles. The number of hydrogen-bond acceptors (Lipinski definition) is 6. The van der Waals surface area contributed by atoms with Gasteiger partial charge in [0.25, 0.3) is 0 Å². The van der Waals surface area contributed by atoms with E-state index in [0.29, 0.717) is 25.6 Å². The van der Waals surface area contributed by atoms with E-state index >= 15 is 0 Å². The molecule has 29 heavy (non-hydrogen) atoms. The summed E-state index contributed by atoms with van der Waals surface area (Å²) in [5.41, 5.74) is 2.73. The Morgan fingerprint density at radius 1 is 1.10 bits per heavy atom. The van der Waals surface area contributed by atoms with E-state index < -0.39 is 10.0 Å². The number of ether oxygens (including phenoxy) is 2. The molecule has 2 rings (SSSR count). The predicted octanol–water partition coefficient (Wildman–Crippen LogP) is 1.71. The number of aromatic nitrogens is 1. The minimum absolute atomic E-state index is 0.0195. The molecule has 0 atom stereocenters. The molecule has 0 bridgehead atoms. The van der Waals surface area contributed by atoms with Gasteiger partial charge in [0.2, 0.25) is 21.8 Å². The number of benzene rings is 1. The Morgan fingerprint density at radius 3 is 2.55 bits per heavy atom. The molecule has 0 saturated heterocycles. The Morgan fingerprint density at radius 2 is 1.90 bits per heavy atom. The molecule has 0 aliphatic carbocycles. The minimum Gasteiger partial charge on any atom is -0.475 e. The zero-order valence-electron chi connectivity index (χ0n) is 16.9. The van der Waals surface area contributed by atoms with Crippen LogP contribution in [0.15, 0.2) is 41.4 Å². The zero-order chi connectivity index (χ0) is 21.3. The zero-order valence-corrected chi connectivity index (χ0v) is 17.7. The van der Waals surface area contributed by atoms with E-state index in [1.54, 1.807) is 43.6 Å². The number of carbonyl (C=O) groups is 1. The standard InChI is InChI=1S/C20H27N3O5S/c1-15-4-6-18(12-16(15)2)29(25,26)23-9-8-19(24)21-13-17-5-7-20(22-14-17)28-11-10-27-3/h4-7,12,14,23H,8-11,13H2,1-3H3,(H,21,24). The van der Waals surface area contributed by atoms with Crippen molar-refractivity contribution in [2.24, 2.45) is 0 Å². The van der Waals surface area contributed by atoms with Gasteiger partial charge in [-0.15, -0.1) is 0 Å². The molecule has 1 aromatic carbocycles. The molecule has 2 aromatic rings. The van der Waals surface area contributed by atoms with Crippen molar-refractivity contribution in [3.63, 3.8) is 0 Å². The monoisotopic (exact) mass is 421 g/mol. The molecular weight excluding hydrogens is 394 g/mol. The summed E-state index contributed by atoms with van der Waals surface area (Å²) < 4.78 is 37.4. The molecule has 9 heteroatoms. The maximum atomic E-state index is 12.3. The van der Waals surface area contributed by atoms with Gasteiger partial charge in [0.15, 0.2) is 0 Å². The van der Waals surface area contributed by atoms with Gasteiger partial charge in [-0.05, 0) is 42.7 Å². The number of rotatable bonds is 11. The van der Waals surface area contributed by atoms with Crippen LogP contribution in [0.25, 0.3) is 0 Å². The summed E-state index contributed by atoms with van der Waals surface area (Å²) in [5.74, 6) is 0.228. The maximum Gasteiger partial charge on any atom is 0.240 e. The second-order valence-electron chi connectivity index (χ2n) is 6.52. The molecule has 0 saturated carbocycles. The Hall–Kier alpha value is -2.49. The van der Waals surface area contributed by atoms with E-state index in [0.717, 1.165) is 16.7 Å². The van der Waals surface area contributed by atoms with Crippen molar-refractivity contribution < 1.29 is 22.7 Å². The van der Waals surface area contributed by atoms with Crippen molar-refractivity contribution in [1.29, 1.82) is 0 Å². The van der Waals surface area contributed by atoms with Crippen LogP contribution in [-0.4, -0.2) is 46.2 Å². The van der Waals surface area contributed by atoms with Crippen molar-refractivity contribution in [3.8, 4) is 5.88 Å². The van der Waals surface area contributed by atoms with Crippen molar-refractivity contribution in [3.05, 3.63) is 53.2 Å². The van der Waals surface area contributed by atoms with Gasteiger partial charge in [-0.3, -0.25) is 4.79 Å². The van der Waals surface area contributed by atoms with E-state index in [1.807, 2.05) is 13.8 Å². The smallest absolute Gasteiger partial charge is 0.240 e. The summed E-state index contributed by atoms with van der Waals surface area (Å²) in [6, 6.07) is 8.46. The average Bonchev–Trinajstić information content (AvgIpc) is 2.69. The second-order valence-corrected chi connectivity index (χ2v) is 8.28. The summed E-state index contributed by atoms with van der Waals surface area (Å²) >= 11 is 0. The number of amides is 1. The lowest BCUT2D eigenvalue weighted by Crippen LogP contribution is -2.30. The van der Waals surface area contributed by atoms with Gasteiger partial charge in [-0.1, -0.05) is 12.1 Å². The summed E-state index contributed by atoms with van der Waals surface area (Å²) in [6.45, 7) is 4.99. The van der Waals surface area contributed by atoms with Gasteiger partial charge in [-0.2, -0.15) is 0 Å². The lowest BCUT2D eigenvalue weighted by atomic mass is 10.1. The first-order valence-electron chi connectivity index (χ1n) is 9.22. The summed E-state index contributed by atoms with van der Waals surface area (Å²) in [4.78, 5) is 16.3. The van der Waals surface area contributed by atoms with Gasteiger partial charge >= 0.3 is 0 Å². The molecule has 0 fully saturated rings. The largest absolute Gasteiger partial charge is 0.475 e. The summed E-state index contributed by atoms with van der Waals surface area (Å²) in [7, 11) is -2.05. The van der Waals surface area contributed by atoms with Gasteiger partial charge in [0, 0.05) is 38.9 Å². The van der Waals surface area contributed by atoms with Gasteiger partial charge < -0.3 is 14.8 Å². The minimum atomic E-state index is -3.64.